The Morgan fingerprint density at radius 2 is 1.93 bits per heavy atom. The maximum atomic E-state index is 13.9. The van der Waals surface area contributed by atoms with Crippen molar-refractivity contribution in [3.8, 4) is 11.8 Å². The molecule has 4 rings (SSSR count). The van der Waals surface area contributed by atoms with Gasteiger partial charge in [-0.15, -0.1) is 10.2 Å². The van der Waals surface area contributed by atoms with Crippen molar-refractivity contribution in [3.63, 3.8) is 0 Å². The topological polar surface area (TPSA) is 92.2 Å². The van der Waals surface area contributed by atoms with Gasteiger partial charge in [0.25, 0.3) is 5.91 Å². The number of anilines is 1. The predicted molar refractivity (Wildman–Crippen MR) is 169 cm³/mol. The lowest BCUT2D eigenvalue weighted by molar-refractivity contribution is -0.138. The van der Waals surface area contributed by atoms with E-state index in [-0.39, 0.29) is 30.1 Å². The lowest BCUT2D eigenvalue weighted by Crippen LogP contribution is -2.26. The number of rotatable bonds is 13. The van der Waals surface area contributed by atoms with E-state index in [0.29, 0.717) is 43.2 Å². The SMILES string of the molecule is CCC(C)Cc1nncn1C.CN(Cc1c(C=O)cc(CNCCCNC(=O)C#CC2CC2)cc1C(F)(F)F)c1ccccc1. The van der Waals surface area contributed by atoms with Crippen LogP contribution in [0.15, 0.2) is 48.8 Å². The first kappa shape index (κ1) is 35.3. The van der Waals surface area contributed by atoms with E-state index in [0.717, 1.165) is 36.8 Å². The quantitative estimate of drug-likeness (QED) is 0.147. The summed E-state index contributed by atoms with van der Waals surface area (Å²) in [6.45, 7) is 5.46. The van der Waals surface area contributed by atoms with Gasteiger partial charge < -0.3 is 20.1 Å². The van der Waals surface area contributed by atoms with Crippen molar-refractivity contribution in [2.45, 2.75) is 65.2 Å². The fourth-order valence-corrected chi connectivity index (χ4v) is 4.44. The van der Waals surface area contributed by atoms with Crippen LogP contribution in [0.4, 0.5) is 18.9 Å². The zero-order valence-corrected chi connectivity index (χ0v) is 26.5. The number of aromatic nitrogens is 3. The van der Waals surface area contributed by atoms with Gasteiger partial charge in [0.2, 0.25) is 0 Å². The molecule has 1 amide bonds. The fourth-order valence-electron chi connectivity index (χ4n) is 4.44. The summed E-state index contributed by atoms with van der Waals surface area (Å²) in [6, 6.07) is 11.6. The number of aryl methyl sites for hydroxylation is 1. The minimum Gasteiger partial charge on any atom is -0.370 e. The summed E-state index contributed by atoms with van der Waals surface area (Å²) in [5, 5.41) is 13.6. The molecule has 1 aromatic heterocycles. The summed E-state index contributed by atoms with van der Waals surface area (Å²) in [5.41, 5.74) is 0.297. The maximum absolute atomic E-state index is 13.9. The molecule has 2 aromatic carbocycles. The smallest absolute Gasteiger partial charge is 0.370 e. The van der Waals surface area contributed by atoms with Crippen molar-refractivity contribution in [1.29, 1.82) is 0 Å². The van der Waals surface area contributed by atoms with Gasteiger partial charge in [0, 0.05) is 57.3 Å². The Morgan fingerprint density at radius 3 is 2.53 bits per heavy atom. The highest BCUT2D eigenvalue weighted by atomic mass is 19.4. The molecule has 2 N–H and O–H groups in total. The van der Waals surface area contributed by atoms with Crippen LogP contribution in [0.3, 0.4) is 0 Å². The summed E-state index contributed by atoms with van der Waals surface area (Å²) in [5.74, 6) is 7.28. The average molecular weight is 625 g/mol. The Labute approximate surface area is 263 Å². The molecule has 1 unspecified atom stereocenters. The van der Waals surface area contributed by atoms with Gasteiger partial charge in [-0.3, -0.25) is 9.59 Å². The van der Waals surface area contributed by atoms with Crippen molar-refractivity contribution in [1.82, 2.24) is 25.4 Å². The molecule has 45 heavy (non-hydrogen) atoms. The molecule has 0 aliphatic heterocycles. The Balaban J connectivity index is 0.000000423. The second-order valence-electron chi connectivity index (χ2n) is 11.4. The number of benzene rings is 2. The van der Waals surface area contributed by atoms with E-state index in [2.05, 4.69) is 46.5 Å². The number of aldehydes is 1. The van der Waals surface area contributed by atoms with Crippen molar-refractivity contribution >= 4 is 17.9 Å². The Morgan fingerprint density at radius 1 is 1.20 bits per heavy atom. The number of para-hydroxylation sites is 1. The number of hydrogen-bond acceptors (Lipinski definition) is 6. The van der Waals surface area contributed by atoms with Crippen LogP contribution in [0.25, 0.3) is 0 Å². The third-order valence-corrected chi connectivity index (χ3v) is 7.51. The van der Waals surface area contributed by atoms with Crippen molar-refractivity contribution in [3.05, 3.63) is 76.9 Å². The van der Waals surface area contributed by atoms with Crippen LogP contribution in [-0.2, 0) is 37.5 Å². The molecular formula is C34H43F3N6O2. The molecule has 242 valence electrons. The summed E-state index contributed by atoms with van der Waals surface area (Å²) in [6.07, 6.45) is 2.58. The van der Waals surface area contributed by atoms with E-state index in [1.54, 1.807) is 42.5 Å². The second kappa shape index (κ2) is 17.4. The van der Waals surface area contributed by atoms with Crippen LogP contribution in [-0.4, -0.2) is 47.1 Å². The molecule has 0 bridgehead atoms. The van der Waals surface area contributed by atoms with E-state index < -0.39 is 11.7 Å². The summed E-state index contributed by atoms with van der Waals surface area (Å²) in [7, 11) is 3.67. The van der Waals surface area contributed by atoms with Crippen LogP contribution >= 0.6 is 0 Å². The normalized spacial score (nSPS) is 13.1. The predicted octanol–water partition coefficient (Wildman–Crippen LogP) is 5.57. The lowest BCUT2D eigenvalue weighted by atomic mass is 9.96. The number of halogens is 3. The fraction of sp³-hybridized carbons (Fsp3) is 0.471. The molecule has 8 nitrogen and oxygen atoms in total. The number of nitrogens with one attached hydrogen (secondary N) is 2. The zero-order valence-electron chi connectivity index (χ0n) is 26.5. The molecule has 1 aliphatic carbocycles. The van der Waals surface area contributed by atoms with Gasteiger partial charge in [-0.05, 0) is 73.0 Å². The number of carbonyl (C=O) groups is 2. The molecule has 0 saturated heterocycles. The van der Waals surface area contributed by atoms with Crippen molar-refractivity contribution < 1.29 is 22.8 Å². The first-order valence-corrected chi connectivity index (χ1v) is 15.3. The Hall–Kier alpha value is -4.17. The van der Waals surface area contributed by atoms with E-state index in [4.69, 9.17) is 0 Å². The summed E-state index contributed by atoms with van der Waals surface area (Å²) < 4.78 is 43.6. The van der Waals surface area contributed by atoms with Crippen molar-refractivity contribution in [2.24, 2.45) is 18.9 Å². The first-order valence-electron chi connectivity index (χ1n) is 15.3. The number of hydrogen-bond donors (Lipinski definition) is 2. The van der Waals surface area contributed by atoms with E-state index in [1.165, 1.54) is 12.5 Å². The highest BCUT2D eigenvalue weighted by Gasteiger charge is 2.35. The molecule has 1 heterocycles. The monoisotopic (exact) mass is 624 g/mol. The van der Waals surface area contributed by atoms with Gasteiger partial charge >= 0.3 is 6.18 Å². The number of amides is 1. The van der Waals surface area contributed by atoms with E-state index >= 15 is 0 Å². The highest BCUT2D eigenvalue weighted by molar-refractivity contribution is 5.93. The van der Waals surface area contributed by atoms with E-state index in [9.17, 15) is 22.8 Å². The van der Waals surface area contributed by atoms with Crippen LogP contribution in [0.1, 0.15) is 72.4 Å². The van der Waals surface area contributed by atoms with Gasteiger partial charge in [0.1, 0.15) is 18.4 Å². The third-order valence-electron chi connectivity index (χ3n) is 7.51. The van der Waals surface area contributed by atoms with Gasteiger partial charge in [0.05, 0.1) is 5.56 Å². The molecule has 1 saturated carbocycles. The molecular weight excluding hydrogens is 581 g/mol. The van der Waals surface area contributed by atoms with Crippen LogP contribution in [0, 0.1) is 23.7 Å². The lowest BCUT2D eigenvalue weighted by Gasteiger charge is -2.24. The number of carbonyl (C=O) groups excluding carboxylic acids is 2. The Bertz CT molecular complexity index is 1440. The molecule has 1 aliphatic rings. The minimum atomic E-state index is -4.59. The summed E-state index contributed by atoms with van der Waals surface area (Å²) >= 11 is 0. The van der Waals surface area contributed by atoms with Gasteiger partial charge in [0.15, 0.2) is 0 Å². The first-order chi connectivity index (χ1) is 21.5. The minimum absolute atomic E-state index is 0.0240. The second-order valence-corrected chi connectivity index (χ2v) is 11.4. The molecule has 3 aromatic rings. The molecule has 11 heteroatoms. The van der Waals surface area contributed by atoms with E-state index in [1.807, 2.05) is 17.7 Å². The van der Waals surface area contributed by atoms with Crippen LogP contribution in [0.5, 0.6) is 0 Å². The van der Waals surface area contributed by atoms with Gasteiger partial charge in [-0.2, -0.15) is 13.2 Å². The molecule has 0 radical (unpaired) electrons. The third kappa shape index (κ3) is 12.0. The largest absolute Gasteiger partial charge is 0.416 e. The van der Waals surface area contributed by atoms with Gasteiger partial charge in [-0.25, -0.2) is 0 Å². The standard InChI is InChI=1S/C26H28F3N3O2.C8H15N3/c1-32(22-6-3-2-4-7-22)17-23-21(18-33)14-20(15-24(23)26(27,28)29)16-30-12-5-13-31-25(34)11-10-19-8-9-19;1-4-7(2)5-8-10-9-6-11(8)3/h2-4,6-7,14-15,18-19,30H,5,8-9,12-13,16-17H2,1H3,(H,31,34);6-7H,4-5H2,1-3H3. The van der Waals surface area contributed by atoms with Crippen LogP contribution < -0.4 is 15.5 Å². The molecule has 0 spiro atoms. The average Bonchev–Trinajstić information content (AvgIpc) is 3.78. The van der Waals surface area contributed by atoms with Crippen LogP contribution in [0.2, 0.25) is 0 Å². The highest BCUT2D eigenvalue weighted by Crippen LogP contribution is 2.35. The Kier molecular flexibility index (Phi) is 13.6. The number of alkyl halides is 3. The number of nitrogens with zero attached hydrogens (tertiary/aromatic N) is 4. The molecule has 1 atom stereocenters. The summed E-state index contributed by atoms with van der Waals surface area (Å²) in [4.78, 5) is 25.0. The zero-order chi connectivity index (χ0) is 32.8. The van der Waals surface area contributed by atoms with Crippen molar-refractivity contribution in [2.75, 3.05) is 25.0 Å². The maximum Gasteiger partial charge on any atom is 0.416 e. The molecule has 1 fully saturated rings. The van der Waals surface area contributed by atoms with Gasteiger partial charge in [-0.1, -0.05) is 44.4 Å².